The lowest BCUT2D eigenvalue weighted by Crippen LogP contribution is -2.50. The molecule has 1 aromatic rings. The van der Waals surface area contributed by atoms with Crippen LogP contribution in [0.15, 0.2) is 24.3 Å². The van der Waals surface area contributed by atoms with Gasteiger partial charge in [-0.2, -0.15) is 0 Å². The van der Waals surface area contributed by atoms with Gasteiger partial charge in [-0.15, -0.1) is 0 Å². The molecule has 1 aliphatic rings. The predicted molar refractivity (Wildman–Crippen MR) is 74.6 cm³/mol. The highest BCUT2D eigenvalue weighted by molar-refractivity contribution is 5.84. The molecule has 1 amide bonds. The van der Waals surface area contributed by atoms with E-state index in [0.29, 0.717) is 13.2 Å². The highest BCUT2D eigenvalue weighted by Crippen LogP contribution is 2.28. The zero-order valence-corrected chi connectivity index (χ0v) is 11.8. The van der Waals surface area contributed by atoms with Gasteiger partial charge in [-0.3, -0.25) is 4.79 Å². The van der Waals surface area contributed by atoms with Crippen molar-refractivity contribution in [2.24, 2.45) is 11.1 Å². The van der Waals surface area contributed by atoms with Crippen molar-refractivity contribution in [1.29, 1.82) is 0 Å². The molecule has 0 saturated carbocycles. The molecule has 4 heteroatoms. The van der Waals surface area contributed by atoms with Gasteiger partial charge in [0.1, 0.15) is 0 Å². The van der Waals surface area contributed by atoms with Crippen molar-refractivity contribution in [3.63, 3.8) is 0 Å². The second-order valence-corrected chi connectivity index (χ2v) is 5.65. The molecule has 2 rings (SSSR count). The van der Waals surface area contributed by atoms with Gasteiger partial charge in [-0.1, -0.05) is 29.8 Å². The second kappa shape index (κ2) is 5.31. The smallest absolute Gasteiger partial charge is 0.230 e. The van der Waals surface area contributed by atoms with Crippen molar-refractivity contribution in [1.82, 2.24) is 5.32 Å². The number of benzene rings is 1. The lowest BCUT2D eigenvalue weighted by atomic mass is 9.84. The minimum absolute atomic E-state index is 0.0305. The standard InChI is InChI=1S/C15H22N2O2/c1-10-5-4-6-12(7-10)11(2)17-14(18)15(3)9-19-8-13(15)16/h4-7,11,13H,8-9,16H2,1-3H3,(H,17,18)/t11-,13?,15?/m1/s1. The summed E-state index contributed by atoms with van der Waals surface area (Å²) in [7, 11) is 0. The molecule has 4 nitrogen and oxygen atoms in total. The molecule has 1 fully saturated rings. The number of nitrogens with two attached hydrogens (primary N) is 1. The van der Waals surface area contributed by atoms with Gasteiger partial charge >= 0.3 is 0 Å². The highest BCUT2D eigenvalue weighted by Gasteiger charge is 2.44. The third-order valence-corrected chi connectivity index (χ3v) is 3.93. The van der Waals surface area contributed by atoms with Crippen LogP contribution in [0.3, 0.4) is 0 Å². The fourth-order valence-electron chi connectivity index (χ4n) is 2.31. The third kappa shape index (κ3) is 2.80. The predicted octanol–water partition coefficient (Wildman–Crippen LogP) is 1.54. The fourth-order valence-corrected chi connectivity index (χ4v) is 2.31. The number of carbonyl (C=O) groups excluding carboxylic acids is 1. The fraction of sp³-hybridized carbons (Fsp3) is 0.533. The largest absolute Gasteiger partial charge is 0.379 e. The summed E-state index contributed by atoms with van der Waals surface area (Å²) in [4.78, 5) is 12.4. The average Bonchev–Trinajstić information content (AvgIpc) is 2.71. The Morgan fingerprint density at radius 1 is 1.58 bits per heavy atom. The normalized spacial score (nSPS) is 28.1. The number of nitrogens with one attached hydrogen (secondary N) is 1. The van der Waals surface area contributed by atoms with Crippen molar-refractivity contribution < 1.29 is 9.53 Å². The Morgan fingerprint density at radius 2 is 2.32 bits per heavy atom. The zero-order chi connectivity index (χ0) is 14.0. The van der Waals surface area contributed by atoms with Crippen LogP contribution in [0, 0.1) is 12.3 Å². The van der Waals surface area contributed by atoms with E-state index in [1.54, 1.807) is 0 Å². The first-order valence-corrected chi connectivity index (χ1v) is 6.64. The number of ether oxygens (including phenoxy) is 1. The zero-order valence-electron chi connectivity index (χ0n) is 11.8. The van der Waals surface area contributed by atoms with E-state index in [4.69, 9.17) is 10.5 Å². The maximum absolute atomic E-state index is 12.4. The molecule has 1 aliphatic heterocycles. The molecule has 0 aromatic heterocycles. The second-order valence-electron chi connectivity index (χ2n) is 5.65. The summed E-state index contributed by atoms with van der Waals surface area (Å²) in [5.74, 6) is -0.0356. The van der Waals surface area contributed by atoms with Crippen LogP contribution in [0.4, 0.5) is 0 Å². The quantitative estimate of drug-likeness (QED) is 0.868. The summed E-state index contributed by atoms with van der Waals surface area (Å²) in [6, 6.07) is 7.87. The first kappa shape index (κ1) is 14.0. The van der Waals surface area contributed by atoms with E-state index >= 15 is 0 Å². The Kier molecular flexibility index (Phi) is 3.92. The van der Waals surface area contributed by atoms with Crippen molar-refractivity contribution in [3.8, 4) is 0 Å². The molecule has 3 atom stereocenters. The first-order chi connectivity index (χ1) is 8.93. The topological polar surface area (TPSA) is 64.3 Å². The number of hydrogen-bond acceptors (Lipinski definition) is 3. The summed E-state index contributed by atoms with van der Waals surface area (Å²) in [6.07, 6.45) is 0. The SMILES string of the molecule is Cc1cccc([C@@H](C)NC(=O)C2(C)COCC2N)c1. The van der Waals surface area contributed by atoms with Gasteiger partial charge in [0.2, 0.25) is 5.91 Å². The van der Waals surface area contributed by atoms with Crippen LogP contribution >= 0.6 is 0 Å². The molecule has 0 aliphatic carbocycles. The number of amides is 1. The van der Waals surface area contributed by atoms with Crippen LogP contribution in [0.1, 0.15) is 31.0 Å². The molecule has 1 saturated heterocycles. The van der Waals surface area contributed by atoms with Crippen molar-refractivity contribution >= 4 is 5.91 Å². The van der Waals surface area contributed by atoms with Gasteiger partial charge in [-0.05, 0) is 26.3 Å². The summed E-state index contributed by atoms with van der Waals surface area (Å²) in [5, 5.41) is 3.04. The minimum Gasteiger partial charge on any atom is -0.379 e. The number of hydrogen-bond donors (Lipinski definition) is 2. The van der Waals surface area contributed by atoms with E-state index in [0.717, 1.165) is 5.56 Å². The third-order valence-electron chi connectivity index (χ3n) is 3.93. The Labute approximate surface area is 114 Å². The van der Waals surface area contributed by atoms with E-state index < -0.39 is 5.41 Å². The van der Waals surface area contributed by atoms with Gasteiger partial charge in [0.25, 0.3) is 0 Å². The van der Waals surface area contributed by atoms with Crippen LogP contribution in [-0.4, -0.2) is 25.2 Å². The van der Waals surface area contributed by atoms with Gasteiger partial charge < -0.3 is 15.8 Å². The van der Waals surface area contributed by atoms with Crippen molar-refractivity contribution in [3.05, 3.63) is 35.4 Å². The average molecular weight is 262 g/mol. The van der Waals surface area contributed by atoms with E-state index in [1.165, 1.54) is 5.56 Å². The van der Waals surface area contributed by atoms with E-state index in [1.807, 2.05) is 39.0 Å². The van der Waals surface area contributed by atoms with E-state index in [-0.39, 0.29) is 18.0 Å². The maximum atomic E-state index is 12.4. The molecule has 2 unspecified atom stereocenters. The van der Waals surface area contributed by atoms with Gasteiger partial charge in [0.15, 0.2) is 0 Å². The molecular formula is C15H22N2O2. The first-order valence-electron chi connectivity index (χ1n) is 6.64. The Hall–Kier alpha value is -1.39. The summed E-state index contributed by atoms with van der Waals surface area (Å²) >= 11 is 0. The summed E-state index contributed by atoms with van der Waals surface area (Å²) < 4.78 is 5.31. The molecule has 104 valence electrons. The highest BCUT2D eigenvalue weighted by atomic mass is 16.5. The van der Waals surface area contributed by atoms with Gasteiger partial charge in [0, 0.05) is 6.04 Å². The number of carbonyl (C=O) groups is 1. The van der Waals surface area contributed by atoms with E-state index in [9.17, 15) is 4.79 Å². The Balaban J connectivity index is 2.07. The van der Waals surface area contributed by atoms with E-state index in [2.05, 4.69) is 11.4 Å². The number of rotatable bonds is 3. The van der Waals surface area contributed by atoms with Crippen LogP contribution in [0.5, 0.6) is 0 Å². The lowest BCUT2D eigenvalue weighted by molar-refractivity contribution is -0.131. The lowest BCUT2D eigenvalue weighted by Gasteiger charge is -2.27. The molecule has 0 radical (unpaired) electrons. The summed E-state index contributed by atoms with van der Waals surface area (Å²) in [5.41, 5.74) is 7.63. The van der Waals surface area contributed by atoms with Gasteiger partial charge in [0.05, 0.1) is 24.7 Å². The molecule has 0 bridgehead atoms. The number of aryl methyl sites for hydroxylation is 1. The Bertz CT molecular complexity index is 475. The maximum Gasteiger partial charge on any atom is 0.230 e. The molecule has 1 heterocycles. The van der Waals surface area contributed by atoms with Crippen LogP contribution in [0.25, 0.3) is 0 Å². The monoisotopic (exact) mass is 262 g/mol. The van der Waals surface area contributed by atoms with Crippen LogP contribution < -0.4 is 11.1 Å². The Morgan fingerprint density at radius 3 is 2.89 bits per heavy atom. The molecule has 0 spiro atoms. The van der Waals surface area contributed by atoms with Gasteiger partial charge in [-0.25, -0.2) is 0 Å². The van der Waals surface area contributed by atoms with Crippen molar-refractivity contribution in [2.75, 3.05) is 13.2 Å². The molecular weight excluding hydrogens is 240 g/mol. The molecule has 19 heavy (non-hydrogen) atoms. The molecule has 3 N–H and O–H groups in total. The minimum atomic E-state index is -0.627. The van der Waals surface area contributed by atoms with Crippen LogP contribution in [0.2, 0.25) is 0 Å². The van der Waals surface area contributed by atoms with Crippen molar-refractivity contribution in [2.45, 2.75) is 32.9 Å². The summed E-state index contributed by atoms with van der Waals surface area (Å²) in [6.45, 7) is 6.73. The molecule has 1 aromatic carbocycles. The van der Waals surface area contributed by atoms with Crippen LogP contribution in [-0.2, 0) is 9.53 Å².